The van der Waals surface area contributed by atoms with E-state index >= 15 is 0 Å². The van der Waals surface area contributed by atoms with Crippen molar-refractivity contribution in [2.24, 2.45) is 0 Å². The van der Waals surface area contributed by atoms with Gasteiger partial charge in [-0.3, -0.25) is 0 Å². The lowest BCUT2D eigenvalue weighted by molar-refractivity contribution is 0.907. The largest absolute Gasteiger partial charge is 0.125 e. The maximum Gasteiger partial charge on any atom is 0.0541 e. The van der Waals surface area contributed by atoms with E-state index in [2.05, 4.69) is 12.1 Å². The molecule has 2 rings (SSSR count). The van der Waals surface area contributed by atoms with Crippen LogP contribution in [0.1, 0.15) is 12.8 Å². The van der Waals surface area contributed by atoms with Crippen LogP contribution in [-0.2, 0) is 0 Å². The van der Waals surface area contributed by atoms with Gasteiger partial charge in [0.1, 0.15) is 0 Å². The third-order valence-electron chi connectivity index (χ3n) is 2.73. The summed E-state index contributed by atoms with van der Waals surface area (Å²) in [6.45, 7) is 0. The molecule has 0 spiro atoms. The zero-order valence-electron chi connectivity index (χ0n) is 11.0. The van der Waals surface area contributed by atoms with Crippen LogP contribution in [0.15, 0.2) is 58.3 Å². The maximum absolute atomic E-state index is 6.12. The van der Waals surface area contributed by atoms with Crippen LogP contribution in [0.3, 0.4) is 0 Å². The van der Waals surface area contributed by atoms with Crippen molar-refractivity contribution in [1.82, 2.24) is 0 Å². The van der Waals surface area contributed by atoms with Gasteiger partial charge in [-0.1, -0.05) is 47.5 Å². The number of hydrogen-bond acceptors (Lipinski definition) is 2. The second kappa shape index (κ2) is 8.89. The molecule has 2 aromatic carbocycles. The van der Waals surface area contributed by atoms with E-state index in [-0.39, 0.29) is 0 Å². The molecule has 0 atom stereocenters. The summed E-state index contributed by atoms with van der Waals surface area (Å²) in [5.74, 6) is 2.21. The maximum atomic E-state index is 6.12. The number of rotatable bonds is 7. The Bertz CT molecular complexity index is 494. The van der Waals surface area contributed by atoms with Crippen LogP contribution in [0, 0.1) is 0 Å². The Morgan fingerprint density at radius 3 is 1.45 bits per heavy atom. The normalized spacial score (nSPS) is 10.7. The van der Waals surface area contributed by atoms with Gasteiger partial charge < -0.3 is 0 Å². The highest BCUT2D eigenvalue weighted by molar-refractivity contribution is 7.99. The van der Waals surface area contributed by atoms with E-state index in [9.17, 15) is 0 Å². The fourth-order valence-corrected chi connectivity index (χ4v) is 4.19. The van der Waals surface area contributed by atoms with Crippen LogP contribution >= 0.6 is 46.7 Å². The minimum atomic E-state index is 0.850. The van der Waals surface area contributed by atoms with E-state index in [1.54, 1.807) is 0 Å². The molecule has 0 nitrogen and oxygen atoms in total. The molecule has 0 aliphatic heterocycles. The molecule has 0 amide bonds. The standard InChI is InChI=1S/C16H16Cl2S2/c17-13-7-1-3-9-15(13)19-11-5-6-12-20-16-10-4-2-8-14(16)18/h1-4,7-10H,5-6,11-12H2. The van der Waals surface area contributed by atoms with Crippen molar-refractivity contribution in [3.05, 3.63) is 58.6 Å². The Morgan fingerprint density at radius 1 is 0.650 bits per heavy atom. The molecule has 0 saturated heterocycles. The fraction of sp³-hybridized carbons (Fsp3) is 0.250. The Morgan fingerprint density at radius 2 is 1.05 bits per heavy atom. The first-order chi connectivity index (χ1) is 9.77. The molecule has 0 N–H and O–H groups in total. The molecule has 0 aromatic heterocycles. The lowest BCUT2D eigenvalue weighted by Crippen LogP contribution is -1.85. The summed E-state index contributed by atoms with van der Waals surface area (Å²) < 4.78 is 0. The average molecular weight is 343 g/mol. The van der Waals surface area contributed by atoms with Crippen molar-refractivity contribution in [3.8, 4) is 0 Å². The van der Waals surface area contributed by atoms with Crippen molar-refractivity contribution in [3.63, 3.8) is 0 Å². The van der Waals surface area contributed by atoms with Crippen LogP contribution in [0.4, 0.5) is 0 Å². The van der Waals surface area contributed by atoms with E-state index in [1.165, 1.54) is 22.6 Å². The summed E-state index contributed by atoms with van der Waals surface area (Å²) in [4.78, 5) is 2.35. The lowest BCUT2D eigenvalue weighted by Gasteiger charge is -2.05. The molecule has 0 fully saturated rings. The van der Waals surface area contributed by atoms with Gasteiger partial charge in [0.15, 0.2) is 0 Å². The van der Waals surface area contributed by atoms with Crippen LogP contribution in [0.5, 0.6) is 0 Å². The van der Waals surface area contributed by atoms with Gasteiger partial charge in [0.05, 0.1) is 10.0 Å². The van der Waals surface area contributed by atoms with Gasteiger partial charge in [0.25, 0.3) is 0 Å². The summed E-state index contributed by atoms with van der Waals surface area (Å²) in [5.41, 5.74) is 0. The van der Waals surface area contributed by atoms with E-state index in [0.717, 1.165) is 21.6 Å². The van der Waals surface area contributed by atoms with Crippen molar-refractivity contribution < 1.29 is 0 Å². The second-order valence-corrected chi connectivity index (χ2v) is 7.35. The van der Waals surface area contributed by atoms with Gasteiger partial charge in [-0.25, -0.2) is 0 Å². The molecule has 106 valence electrons. The number of halogens is 2. The molecule has 4 heteroatoms. The van der Waals surface area contributed by atoms with Crippen molar-refractivity contribution >= 4 is 46.7 Å². The van der Waals surface area contributed by atoms with Gasteiger partial charge in [0.2, 0.25) is 0 Å². The number of thioether (sulfide) groups is 2. The molecule has 0 aliphatic carbocycles. The fourth-order valence-electron chi connectivity index (χ4n) is 1.69. The smallest absolute Gasteiger partial charge is 0.0541 e. The average Bonchev–Trinajstić information content (AvgIpc) is 2.46. The number of hydrogen-bond donors (Lipinski definition) is 0. The summed E-state index contributed by atoms with van der Waals surface area (Å²) >= 11 is 15.9. The van der Waals surface area contributed by atoms with Crippen molar-refractivity contribution in [2.75, 3.05) is 11.5 Å². The zero-order valence-corrected chi connectivity index (χ0v) is 14.2. The highest BCUT2D eigenvalue weighted by Crippen LogP contribution is 2.29. The van der Waals surface area contributed by atoms with E-state index < -0.39 is 0 Å². The molecule has 0 bridgehead atoms. The highest BCUT2D eigenvalue weighted by atomic mass is 35.5. The first kappa shape index (κ1) is 16.1. The minimum absolute atomic E-state index is 0.850. The molecule has 0 radical (unpaired) electrons. The van der Waals surface area contributed by atoms with Gasteiger partial charge in [-0.05, 0) is 48.6 Å². The Balaban J connectivity index is 1.63. The Hall–Kier alpha value is -0.280. The van der Waals surface area contributed by atoms with E-state index in [4.69, 9.17) is 23.2 Å². The minimum Gasteiger partial charge on any atom is -0.125 e. The van der Waals surface area contributed by atoms with Gasteiger partial charge >= 0.3 is 0 Å². The van der Waals surface area contributed by atoms with Gasteiger partial charge in [0, 0.05) is 9.79 Å². The van der Waals surface area contributed by atoms with E-state index in [0.29, 0.717) is 0 Å². The third kappa shape index (κ3) is 5.25. The first-order valence-electron chi connectivity index (χ1n) is 6.52. The topological polar surface area (TPSA) is 0 Å². The molecule has 0 heterocycles. The third-order valence-corrected chi connectivity index (χ3v) is 5.93. The predicted molar refractivity (Wildman–Crippen MR) is 93.6 cm³/mol. The summed E-state index contributed by atoms with van der Waals surface area (Å²) in [6.07, 6.45) is 2.38. The molecular formula is C16H16Cl2S2. The van der Waals surface area contributed by atoms with Crippen LogP contribution in [0.25, 0.3) is 0 Å². The molecule has 0 aliphatic rings. The monoisotopic (exact) mass is 342 g/mol. The quantitative estimate of drug-likeness (QED) is 0.407. The summed E-state index contributed by atoms with van der Waals surface area (Å²) in [7, 11) is 0. The highest BCUT2D eigenvalue weighted by Gasteiger charge is 2.01. The Kier molecular flexibility index (Phi) is 7.15. The van der Waals surface area contributed by atoms with Gasteiger partial charge in [-0.15, -0.1) is 23.5 Å². The second-order valence-electron chi connectivity index (χ2n) is 4.26. The molecule has 0 unspecified atom stereocenters. The van der Waals surface area contributed by atoms with Crippen LogP contribution in [-0.4, -0.2) is 11.5 Å². The van der Waals surface area contributed by atoms with Crippen molar-refractivity contribution in [1.29, 1.82) is 0 Å². The van der Waals surface area contributed by atoms with Crippen LogP contribution in [0.2, 0.25) is 10.0 Å². The first-order valence-corrected chi connectivity index (χ1v) is 9.25. The number of unbranched alkanes of at least 4 members (excludes halogenated alkanes) is 1. The zero-order chi connectivity index (χ0) is 14.2. The molecule has 2 aromatic rings. The molecular weight excluding hydrogens is 327 g/mol. The predicted octanol–water partition coefficient (Wildman–Crippen LogP) is 6.66. The van der Waals surface area contributed by atoms with Crippen LogP contribution < -0.4 is 0 Å². The van der Waals surface area contributed by atoms with Gasteiger partial charge in [-0.2, -0.15) is 0 Å². The van der Waals surface area contributed by atoms with E-state index in [1.807, 2.05) is 59.9 Å². The lowest BCUT2D eigenvalue weighted by atomic mass is 10.4. The Labute approximate surface area is 139 Å². The van der Waals surface area contributed by atoms with Crippen molar-refractivity contribution in [2.45, 2.75) is 22.6 Å². The molecule has 20 heavy (non-hydrogen) atoms. The number of benzene rings is 2. The molecule has 0 saturated carbocycles. The summed E-state index contributed by atoms with van der Waals surface area (Å²) in [6, 6.07) is 16.0. The summed E-state index contributed by atoms with van der Waals surface area (Å²) in [5, 5.41) is 1.70. The SMILES string of the molecule is Clc1ccccc1SCCCCSc1ccccc1Cl.